The summed E-state index contributed by atoms with van der Waals surface area (Å²) < 4.78 is 37.6. The number of nitriles is 1. The van der Waals surface area contributed by atoms with E-state index in [1.807, 2.05) is 6.07 Å². The fourth-order valence-corrected chi connectivity index (χ4v) is 6.39. The average molecular weight is 611 g/mol. The Morgan fingerprint density at radius 2 is 1.98 bits per heavy atom. The summed E-state index contributed by atoms with van der Waals surface area (Å²) in [6.45, 7) is 2.28. The zero-order chi connectivity index (χ0) is 29.8. The molecule has 1 aromatic heterocycles. The van der Waals surface area contributed by atoms with Crippen LogP contribution in [0.1, 0.15) is 52.2 Å². The molecule has 3 N–H and O–H groups in total. The largest absolute Gasteiger partial charge is 0.461 e. The van der Waals surface area contributed by atoms with Crippen LogP contribution in [0.25, 0.3) is 0 Å². The first-order valence-corrected chi connectivity index (χ1v) is 15.1. The van der Waals surface area contributed by atoms with Crippen LogP contribution in [0.15, 0.2) is 46.1 Å². The molecule has 0 amide bonds. The molecule has 15 heteroatoms. The first-order chi connectivity index (χ1) is 19.4. The van der Waals surface area contributed by atoms with E-state index < -0.39 is 61.5 Å². The number of carbonyl (C=O) groups excluding carboxylic acids is 1. The molecule has 0 spiro atoms. The van der Waals surface area contributed by atoms with Gasteiger partial charge in [0, 0.05) is 17.3 Å². The van der Waals surface area contributed by atoms with Crippen molar-refractivity contribution in [3.8, 4) is 11.8 Å². The predicted octanol–water partition coefficient (Wildman–Crippen LogP) is 3.04. The highest BCUT2D eigenvalue weighted by Gasteiger charge is 2.55. The van der Waals surface area contributed by atoms with E-state index >= 15 is 0 Å². The van der Waals surface area contributed by atoms with E-state index in [9.17, 15) is 29.3 Å². The Labute approximate surface area is 240 Å². The molecule has 1 aromatic carbocycles. The highest BCUT2D eigenvalue weighted by molar-refractivity contribution is 7.52. The quantitative estimate of drug-likeness (QED) is 0.265. The number of hydrogen-bond donors (Lipinski definition) is 3. The number of aliphatic hydroxyl groups is 1. The normalized spacial score (nSPS) is 27.0. The first kappa shape index (κ1) is 31.0. The van der Waals surface area contributed by atoms with Crippen LogP contribution in [0.4, 0.5) is 0 Å². The minimum atomic E-state index is -4.34. The van der Waals surface area contributed by atoms with E-state index in [0.717, 1.165) is 48.9 Å². The number of benzene rings is 1. The molecule has 0 radical (unpaired) electrons. The third-order valence-corrected chi connectivity index (χ3v) is 9.01. The lowest BCUT2D eigenvalue weighted by molar-refractivity contribution is -0.152. The van der Waals surface area contributed by atoms with Gasteiger partial charge in [-0.3, -0.25) is 23.7 Å². The maximum Gasteiger partial charge on any atom is 0.459 e. The number of rotatable bonds is 10. The molecule has 1 saturated heterocycles. The van der Waals surface area contributed by atoms with Gasteiger partial charge in [-0.15, -0.1) is 0 Å². The van der Waals surface area contributed by atoms with Gasteiger partial charge in [-0.2, -0.15) is 10.3 Å². The van der Waals surface area contributed by atoms with E-state index in [0.29, 0.717) is 5.02 Å². The maximum atomic E-state index is 13.9. The molecule has 13 nitrogen and oxygen atoms in total. The topological polar surface area (TPSA) is 182 Å². The molecule has 2 fully saturated rings. The molecular formula is C26H32ClN4O9P. The Hall–Kier alpha value is -2.98. The van der Waals surface area contributed by atoms with Gasteiger partial charge in [0.1, 0.15) is 35.5 Å². The number of nitrogens with one attached hydrogen (secondary N) is 2. The maximum absolute atomic E-state index is 13.9. The molecule has 1 aliphatic heterocycles. The summed E-state index contributed by atoms with van der Waals surface area (Å²) in [6.07, 6.45) is 1.35. The summed E-state index contributed by atoms with van der Waals surface area (Å²) in [5.74, 6) is -0.516. The second-order valence-corrected chi connectivity index (χ2v) is 12.4. The molecule has 6 unspecified atom stereocenters. The van der Waals surface area contributed by atoms with Crippen molar-refractivity contribution < 1.29 is 33.0 Å². The van der Waals surface area contributed by atoms with Crippen LogP contribution >= 0.6 is 19.3 Å². The summed E-state index contributed by atoms with van der Waals surface area (Å²) >= 11 is 5.94. The molecule has 1 saturated carbocycles. The number of carbonyl (C=O) groups is 1. The van der Waals surface area contributed by atoms with Gasteiger partial charge < -0.3 is 19.1 Å². The summed E-state index contributed by atoms with van der Waals surface area (Å²) in [4.78, 5) is 38.8. The number of aliphatic hydroxyl groups excluding tert-OH is 1. The summed E-state index contributed by atoms with van der Waals surface area (Å²) in [7, 11) is -4.34. The van der Waals surface area contributed by atoms with Crippen molar-refractivity contribution in [3.63, 3.8) is 0 Å². The minimum Gasteiger partial charge on any atom is -0.461 e. The molecule has 2 aromatic rings. The Morgan fingerprint density at radius 1 is 1.29 bits per heavy atom. The molecule has 6 atom stereocenters. The fourth-order valence-electron chi connectivity index (χ4n) is 4.77. The monoisotopic (exact) mass is 610 g/mol. The number of H-pyrrole nitrogens is 1. The number of esters is 1. The van der Waals surface area contributed by atoms with Crippen molar-refractivity contribution in [2.24, 2.45) is 5.41 Å². The van der Waals surface area contributed by atoms with Gasteiger partial charge >= 0.3 is 19.4 Å². The van der Waals surface area contributed by atoms with Crippen LogP contribution in [0.3, 0.4) is 0 Å². The predicted molar refractivity (Wildman–Crippen MR) is 146 cm³/mol. The van der Waals surface area contributed by atoms with Gasteiger partial charge in [0.25, 0.3) is 5.56 Å². The van der Waals surface area contributed by atoms with Crippen molar-refractivity contribution in [3.05, 3.63) is 62.4 Å². The van der Waals surface area contributed by atoms with Crippen LogP contribution in [-0.4, -0.2) is 51.6 Å². The van der Waals surface area contributed by atoms with E-state index in [4.69, 9.17) is 30.1 Å². The van der Waals surface area contributed by atoms with E-state index in [1.165, 1.54) is 38.1 Å². The summed E-state index contributed by atoms with van der Waals surface area (Å²) in [5.41, 5.74) is -3.14. The zero-order valence-electron chi connectivity index (χ0n) is 22.5. The van der Waals surface area contributed by atoms with E-state index in [-0.39, 0.29) is 11.9 Å². The van der Waals surface area contributed by atoms with Crippen molar-refractivity contribution in [1.29, 1.82) is 5.26 Å². The Bertz CT molecular complexity index is 1440. The zero-order valence-corrected chi connectivity index (χ0v) is 24.2. The number of aromatic amines is 1. The second-order valence-electron chi connectivity index (χ2n) is 10.3. The number of aromatic nitrogens is 2. The number of ether oxygens (including phenoxy) is 2. The second kappa shape index (κ2) is 12.9. The highest BCUT2D eigenvalue weighted by atomic mass is 35.5. The van der Waals surface area contributed by atoms with Gasteiger partial charge in [0.05, 0.1) is 12.7 Å². The van der Waals surface area contributed by atoms with Gasteiger partial charge in [-0.25, -0.2) is 9.36 Å². The van der Waals surface area contributed by atoms with Gasteiger partial charge in [-0.1, -0.05) is 18.0 Å². The Kier molecular flexibility index (Phi) is 9.74. The smallest absolute Gasteiger partial charge is 0.459 e. The number of hydrogen-bond acceptors (Lipinski definition) is 10. The van der Waals surface area contributed by atoms with Crippen LogP contribution in [0.5, 0.6) is 5.75 Å². The summed E-state index contributed by atoms with van der Waals surface area (Å²) in [6, 6.07) is 7.88. The molecule has 1 aliphatic carbocycles. The molecule has 2 heterocycles. The van der Waals surface area contributed by atoms with E-state index in [2.05, 4.69) is 10.1 Å². The minimum absolute atomic E-state index is 0.116. The lowest BCUT2D eigenvalue weighted by Gasteiger charge is -2.27. The van der Waals surface area contributed by atoms with Crippen molar-refractivity contribution in [2.45, 2.75) is 76.5 Å². The Morgan fingerprint density at radius 3 is 2.61 bits per heavy atom. The van der Waals surface area contributed by atoms with Crippen molar-refractivity contribution >= 4 is 25.3 Å². The molecule has 2 aliphatic rings. The van der Waals surface area contributed by atoms with Gasteiger partial charge in [0.2, 0.25) is 0 Å². The third-order valence-electron chi connectivity index (χ3n) is 7.12. The molecule has 4 rings (SSSR count). The van der Waals surface area contributed by atoms with Crippen molar-refractivity contribution in [1.82, 2.24) is 14.6 Å². The molecular weight excluding hydrogens is 579 g/mol. The third kappa shape index (κ3) is 7.27. The average Bonchev–Trinajstić information content (AvgIpc) is 3.19. The SMILES string of the molecule is CC(NP(=O)(OCC1OC(n2ccc(=O)[nH]c2=O)C(C)(C#N)C1O)Oc1ccc(Cl)cc1)C(=O)OC1CCCCC1. The number of nitrogens with zero attached hydrogens (tertiary/aromatic N) is 2. The summed E-state index contributed by atoms with van der Waals surface area (Å²) in [5, 5.41) is 23.9. The lowest BCUT2D eigenvalue weighted by Crippen LogP contribution is -2.41. The fraction of sp³-hybridized carbons (Fsp3) is 0.538. The van der Waals surface area contributed by atoms with Gasteiger partial charge in [0.15, 0.2) is 6.23 Å². The first-order valence-electron chi connectivity index (χ1n) is 13.2. The van der Waals surface area contributed by atoms with E-state index in [1.54, 1.807) is 0 Å². The van der Waals surface area contributed by atoms with Crippen LogP contribution in [0.2, 0.25) is 5.02 Å². The molecule has 0 bridgehead atoms. The van der Waals surface area contributed by atoms with Crippen LogP contribution in [-0.2, 0) is 23.4 Å². The standard InChI is InChI=1S/C26H32ClN4O9P/c1-16(23(34)38-18-6-4-3-5-7-18)30-41(36,40-19-10-8-17(27)9-11-19)37-14-20-22(33)26(2,15-28)24(39-20)31-13-12-21(32)29-25(31)35/h8-13,16,18,20,22,24,33H,3-7,14H2,1-2H3,(H,30,36)(H,29,32,35). The van der Waals surface area contributed by atoms with Gasteiger partial charge in [-0.05, 0) is 63.8 Å². The lowest BCUT2D eigenvalue weighted by atomic mass is 9.84. The molecule has 41 heavy (non-hydrogen) atoms. The Balaban J connectivity index is 1.52. The number of halogens is 1. The molecule has 222 valence electrons. The van der Waals surface area contributed by atoms with Crippen LogP contribution < -0.4 is 20.9 Å². The van der Waals surface area contributed by atoms with Crippen LogP contribution in [0, 0.1) is 16.7 Å². The van der Waals surface area contributed by atoms with Crippen molar-refractivity contribution in [2.75, 3.05) is 6.61 Å². The highest BCUT2D eigenvalue weighted by Crippen LogP contribution is 2.49.